The highest BCUT2D eigenvalue weighted by Crippen LogP contribution is 2.11. The summed E-state index contributed by atoms with van der Waals surface area (Å²) >= 11 is 0. The summed E-state index contributed by atoms with van der Waals surface area (Å²) < 4.78 is 5.68. The molecule has 0 aliphatic heterocycles. The molecule has 118 valence electrons. The van der Waals surface area contributed by atoms with Crippen LogP contribution >= 0.6 is 0 Å². The van der Waals surface area contributed by atoms with E-state index in [4.69, 9.17) is 10.5 Å². The highest BCUT2D eigenvalue weighted by atomic mass is 16.5. The van der Waals surface area contributed by atoms with Crippen LogP contribution in [0.4, 0.5) is 0 Å². The van der Waals surface area contributed by atoms with E-state index in [1.807, 2.05) is 30.3 Å². The standard InChI is InChI=1S/C15H21N5O2/c1-15(2,16)14(21)19-12(13-17-10-18-20-13)9-22-8-11-6-4-3-5-7-11/h3-7,10,12H,8-9,16H2,1-2H3,(H,19,21)(H,17,18,20). The average molecular weight is 303 g/mol. The lowest BCUT2D eigenvalue weighted by Gasteiger charge is -2.23. The second-order valence-corrected chi connectivity index (χ2v) is 5.62. The summed E-state index contributed by atoms with van der Waals surface area (Å²) in [6.45, 7) is 4.01. The fourth-order valence-electron chi connectivity index (χ4n) is 1.78. The number of rotatable bonds is 7. The molecule has 7 nitrogen and oxygen atoms in total. The number of nitrogens with one attached hydrogen (secondary N) is 2. The van der Waals surface area contributed by atoms with Crippen LogP contribution < -0.4 is 11.1 Å². The molecule has 2 aromatic rings. The Bertz CT molecular complexity index is 578. The number of carbonyl (C=O) groups is 1. The molecule has 0 aliphatic carbocycles. The highest BCUT2D eigenvalue weighted by molar-refractivity contribution is 5.85. The summed E-state index contributed by atoms with van der Waals surface area (Å²) in [6, 6.07) is 9.37. The number of hydrogen-bond donors (Lipinski definition) is 3. The molecular formula is C15H21N5O2. The third kappa shape index (κ3) is 4.64. The number of carbonyl (C=O) groups excluding carboxylic acids is 1. The number of aromatic nitrogens is 3. The Morgan fingerprint density at radius 1 is 1.41 bits per heavy atom. The maximum Gasteiger partial charge on any atom is 0.240 e. The van der Waals surface area contributed by atoms with Crippen LogP contribution in [0.3, 0.4) is 0 Å². The lowest BCUT2D eigenvalue weighted by Crippen LogP contribution is -2.50. The minimum Gasteiger partial charge on any atom is -0.374 e. The van der Waals surface area contributed by atoms with Crippen LogP contribution in [-0.4, -0.2) is 33.2 Å². The van der Waals surface area contributed by atoms with Crippen molar-refractivity contribution in [3.63, 3.8) is 0 Å². The Kier molecular flexibility index (Phi) is 5.24. The van der Waals surface area contributed by atoms with Gasteiger partial charge in [0.2, 0.25) is 5.91 Å². The number of benzene rings is 1. The number of hydrogen-bond acceptors (Lipinski definition) is 5. The zero-order chi connectivity index (χ0) is 16.0. The number of aromatic amines is 1. The molecule has 1 amide bonds. The van der Waals surface area contributed by atoms with E-state index in [9.17, 15) is 4.79 Å². The smallest absolute Gasteiger partial charge is 0.240 e. The van der Waals surface area contributed by atoms with Gasteiger partial charge in [-0.15, -0.1) is 0 Å². The highest BCUT2D eigenvalue weighted by Gasteiger charge is 2.26. The second-order valence-electron chi connectivity index (χ2n) is 5.62. The van der Waals surface area contributed by atoms with Crippen LogP contribution in [0.1, 0.15) is 31.3 Å². The van der Waals surface area contributed by atoms with E-state index >= 15 is 0 Å². The van der Waals surface area contributed by atoms with E-state index in [2.05, 4.69) is 20.5 Å². The lowest BCUT2D eigenvalue weighted by atomic mass is 10.1. The van der Waals surface area contributed by atoms with Gasteiger partial charge in [0.15, 0.2) is 0 Å². The molecule has 0 fully saturated rings. The largest absolute Gasteiger partial charge is 0.374 e. The first-order valence-corrected chi connectivity index (χ1v) is 7.03. The van der Waals surface area contributed by atoms with Crippen molar-refractivity contribution < 1.29 is 9.53 Å². The predicted molar refractivity (Wildman–Crippen MR) is 81.6 cm³/mol. The Morgan fingerprint density at radius 2 is 2.14 bits per heavy atom. The van der Waals surface area contributed by atoms with Gasteiger partial charge in [-0.3, -0.25) is 9.89 Å². The molecule has 0 radical (unpaired) electrons. The molecule has 1 aromatic heterocycles. The normalized spacial score (nSPS) is 12.9. The maximum absolute atomic E-state index is 12.0. The minimum absolute atomic E-state index is 0.270. The Hall–Kier alpha value is -2.25. The molecule has 1 unspecified atom stereocenters. The van der Waals surface area contributed by atoms with Gasteiger partial charge in [-0.25, -0.2) is 4.98 Å². The number of H-pyrrole nitrogens is 1. The first kappa shape index (κ1) is 16.1. The van der Waals surface area contributed by atoms with Crippen LogP contribution in [0, 0.1) is 0 Å². The molecule has 2 rings (SSSR count). The van der Waals surface area contributed by atoms with E-state index in [0.717, 1.165) is 5.56 Å². The number of ether oxygens (including phenoxy) is 1. The van der Waals surface area contributed by atoms with Gasteiger partial charge in [-0.2, -0.15) is 5.10 Å². The van der Waals surface area contributed by atoms with Crippen LogP contribution in [-0.2, 0) is 16.1 Å². The molecule has 0 spiro atoms. The summed E-state index contributed by atoms with van der Waals surface area (Å²) in [5.41, 5.74) is 5.89. The summed E-state index contributed by atoms with van der Waals surface area (Å²) in [4.78, 5) is 16.1. The van der Waals surface area contributed by atoms with Crippen LogP contribution in [0.5, 0.6) is 0 Å². The van der Waals surface area contributed by atoms with Gasteiger partial charge in [0.05, 0.1) is 18.8 Å². The molecule has 1 aromatic carbocycles. The topological polar surface area (TPSA) is 106 Å². The van der Waals surface area contributed by atoms with Gasteiger partial charge in [-0.1, -0.05) is 30.3 Å². The van der Waals surface area contributed by atoms with Crippen molar-refractivity contribution >= 4 is 5.91 Å². The summed E-state index contributed by atoms with van der Waals surface area (Å²) in [6.07, 6.45) is 1.39. The SMILES string of the molecule is CC(C)(N)C(=O)NC(COCc1ccccc1)c1ncn[nH]1. The van der Waals surface area contributed by atoms with E-state index < -0.39 is 11.6 Å². The molecule has 22 heavy (non-hydrogen) atoms. The fraction of sp³-hybridized carbons (Fsp3) is 0.400. The summed E-state index contributed by atoms with van der Waals surface area (Å²) in [7, 11) is 0. The van der Waals surface area contributed by atoms with Crippen molar-refractivity contribution in [2.45, 2.75) is 32.0 Å². The zero-order valence-corrected chi connectivity index (χ0v) is 12.7. The maximum atomic E-state index is 12.0. The first-order chi connectivity index (χ1) is 10.5. The molecule has 0 saturated heterocycles. The minimum atomic E-state index is -0.975. The van der Waals surface area contributed by atoms with Crippen LogP contribution in [0.25, 0.3) is 0 Å². The van der Waals surface area contributed by atoms with Gasteiger partial charge in [0, 0.05) is 0 Å². The van der Waals surface area contributed by atoms with Gasteiger partial charge in [-0.05, 0) is 19.4 Å². The van der Waals surface area contributed by atoms with Crippen molar-refractivity contribution in [1.82, 2.24) is 20.5 Å². The number of amides is 1. The monoisotopic (exact) mass is 303 g/mol. The third-order valence-electron chi connectivity index (χ3n) is 3.05. The molecule has 1 heterocycles. The predicted octanol–water partition coefficient (Wildman–Crippen LogP) is 0.916. The number of nitrogens with zero attached hydrogens (tertiary/aromatic N) is 2. The van der Waals surface area contributed by atoms with Gasteiger partial charge < -0.3 is 15.8 Å². The Labute approximate surface area is 129 Å². The van der Waals surface area contributed by atoms with Crippen LogP contribution in [0.15, 0.2) is 36.7 Å². The van der Waals surface area contributed by atoms with Crippen molar-refractivity contribution in [2.24, 2.45) is 5.73 Å². The quantitative estimate of drug-likeness (QED) is 0.705. The molecule has 4 N–H and O–H groups in total. The molecule has 1 atom stereocenters. The van der Waals surface area contributed by atoms with Crippen molar-refractivity contribution in [3.05, 3.63) is 48.0 Å². The van der Waals surface area contributed by atoms with E-state index in [-0.39, 0.29) is 12.5 Å². The molecule has 7 heteroatoms. The van der Waals surface area contributed by atoms with Crippen molar-refractivity contribution in [1.29, 1.82) is 0 Å². The van der Waals surface area contributed by atoms with Gasteiger partial charge in [0.25, 0.3) is 0 Å². The zero-order valence-electron chi connectivity index (χ0n) is 12.7. The summed E-state index contributed by atoms with van der Waals surface area (Å²) in [5, 5.41) is 9.37. The first-order valence-electron chi connectivity index (χ1n) is 7.03. The average Bonchev–Trinajstić information content (AvgIpc) is 3.00. The van der Waals surface area contributed by atoms with Gasteiger partial charge in [0.1, 0.15) is 18.2 Å². The molecular weight excluding hydrogens is 282 g/mol. The molecule has 0 saturated carbocycles. The lowest BCUT2D eigenvalue weighted by molar-refractivity contribution is -0.126. The Balaban J connectivity index is 1.95. The Morgan fingerprint density at radius 3 is 2.73 bits per heavy atom. The second kappa shape index (κ2) is 7.15. The third-order valence-corrected chi connectivity index (χ3v) is 3.05. The number of nitrogens with two attached hydrogens (primary N) is 1. The molecule has 0 aliphatic rings. The van der Waals surface area contributed by atoms with Crippen molar-refractivity contribution in [3.8, 4) is 0 Å². The van der Waals surface area contributed by atoms with Gasteiger partial charge >= 0.3 is 0 Å². The molecule has 0 bridgehead atoms. The van der Waals surface area contributed by atoms with Crippen molar-refractivity contribution in [2.75, 3.05) is 6.61 Å². The van der Waals surface area contributed by atoms with E-state index in [0.29, 0.717) is 12.4 Å². The summed E-state index contributed by atoms with van der Waals surface area (Å²) in [5.74, 6) is 0.253. The van der Waals surface area contributed by atoms with Crippen LogP contribution in [0.2, 0.25) is 0 Å². The van der Waals surface area contributed by atoms with E-state index in [1.165, 1.54) is 6.33 Å². The van der Waals surface area contributed by atoms with E-state index in [1.54, 1.807) is 13.8 Å². The fourth-order valence-corrected chi connectivity index (χ4v) is 1.78.